The first-order valence-corrected chi connectivity index (χ1v) is 8.09. The Hall–Kier alpha value is -2.59. The molecule has 0 N–H and O–H groups in total. The van der Waals surface area contributed by atoms with Gasteiger partial charge >= 0.3 is 0 Å². The van der Waals surface area contributed by atoms with Gasteiger partial charge in [-0.3, -0.25) is 0 Å². The highest BCUT2D eigenvalue weighted by Crippen LogP contribution is 2.32. The van der Waals surface area contributed by atoms with Crippen molar-refractivity contribution in [2.24, 2.45) is 0 Å². The maximum Gasteiger partial charge on any atom is 0.158 e. The minimum atomic E-state index is -0.226. The summed E-state index contributed by atoms with van der Waals surface area (Å²) in [5, 5.41) is 0. The number of anilines is 1. The second-order valence-electron chi connectivity index (χ2n) is 6.08. The molecule has 0 bridgehead atoms. The highest BCUT2D eigenvalue weighted by atomic mass is 19.1. The van der Waals surface area contributed by atoms with Crippen LogP contribution in [-0.2, 0) is 4.74 Å². The van der Waals surface area contributed by atoms with Crippen LogP contribution in [0, 0.1) is 12.7 Å². The van der Waals surface area contributed by atoms with E-state index in [0.717, 1.165) is 23.5 Å². The Morgan fingerprint density at radius 2 is 1.67 bits per heavy atom. The zero-order valence-electron chi connectivity index (χ0n) is 13.5. The maximum absolute atomic E-state index is 13.1. The van der Waals surface area contributed by atoms with Gasteiger partial charge in [0.05, 0.1) is 6.61 Å². The fraction of sp³-hybridized carbons (Fsp3) is 0.200. The van der Waals surface area contributed by atoms with E-state index in [1.54, 1.807) is 12.1 Å². The molecule has 0 radical (unpaired) electrons. The molecular formula is C20H19FN2O. The zero-order chi connectivity index (χ0) is 16.5. The van der Waals surface area contributed by atoms with Crippen molar-refractivity contribution in [2.75, 3.05) is 18.1 Å². The number of halogens is 1. The lowest BCUT2D eigenvalue weighted by Gasteiger charge is -2.24. The van der Waals surface area contributed by atoms with E-state index in [-0.39, 0.29) is 12.0 Å². The Morgan fingerprint density at radius 3 is 2.42 bits per heavy atom. The van der Waals surface area contributed by atoms with Crippen LogP contribution >= 0.6 is 0 Å². The quantitative estimate of drug-likeness (QED) is 0.708. The van der Waals surface area contributed by atoms with Gasteiger partial charge in [0.25, 0.3) is 0 Å². The number of benzene rings is 2. The second kappa shape index (κ2) is 6.13. The van der Waals surface area contributed by atoms with Gasteiger partial charge in [0.2, 0.25) is 0 Å². The molecule has 1 fully saturated rings. The third-order valence-corrected chi connectivity index (χ3v) is 4.38. The van der Waals surface area contributed by atoms with Crippen LogP contribution in [0.25, 0.3) is 5.69 Å². The van der Waals surface area contributed by atoms with Crippen molar-refractivity contribution in [3.63, 3.8) is 0 Å². The minimum absolute atomic E-state index is 0.0885. The highest BCUT2D eigenvalue weighted by Gasteiger charge is 2.27. The fourth-order valence-electron chi connectivity index (χ4n) is 3.08. The second-order valence-corrected chi connectivity index (χ2v) is 6.08. The summed E-state index contributed by atoms with van der Waals surface area (Å²) in [6.07, 6.45) is 3.94. The summed E-state index contributed by atoms with van der Waals surface area (Å²) in [4.78, 5) is 2.27. The molecule has 3 nitrogen and oxygen atoms in total. The molecule has 0 aliphatic carbocycles. The normalized spacial score (nSPS) is 17.4. The summed E-state index contributed by atoms with van der Waals surface area (Å²) in [6.45, 7) is 3.67. The molecule has 2 aromatic carbocycles. The Bertz CT molecular complexity index is 824. The first-order valence-electron chi connectivity index (χ1n) is 8.09. The maximum atomic E-state index is 13.1. The molecule has 1 atom stereocenters. The minimum Gasteiger partial charge on any atom is -0.352 e. The van der Waals surface area contributed by atoms with Gasteiger partial charge < -0.3 is 14.2 Å². The molecular weight excluding hydrogens is 303 g/mol. The van der Waals surface area contributed by atoms with Crippen LogP contribution in [0.3, 0.4) is 0 Å². The van der Waals surface area contributed by atoms with E-state index in [0.29, 0.717) is 6.61 Å². The van der Waals surface area contributed by atoms with Crippen molar-refractivity contribution in [3.05, 3.63) is 83.9 Å². The van der Waals surface area contributed by atoms with Crippen LogP contribution in [0.15, 0.2) is 67.0 Å². The topological polar surface area (TPSA) is 17.4 Å². The van der Waals surface area contributed by atoms with Crippen molar-refractivity contribution in [2.45, 2.75) is 13.2 Å². The molecule has 1 saturated heterocycles. The van der Waals surface area contributed by atoms with E-state index in [4.69, 9.17) is 4.74 Å². The molecule has 1 aliphatic heterocycles. The standard InChI is InChI=1S/C20H19FN2O/c1-15-2-6-19(7-3-15)23-12-13-24-20(23)16-10-11-22(14-16)18-8-4-17(21)5-9-18/h2-11,14,20H,12-13H2,1H3/t20-/m0/s1. The summed E-state index contributed by atoms with van der Waals surface area (Å²) in [5.74, 6) is -0.226. The lowest BCUT2D eigenvalue weighted by molar-refractivity contribution is 0.114. The van der Waals surface area contributed by atoms with Crippen LogP contribution < -0.4 is 4.90 Å². The van der Waals surface area contributed by atoms with Gasteiger partial charge in [-0.25, -0.2) is 4.39 Å². The van der Waals surface area contributed by atoms with Crippen molar-refractivity contribution >= 4 is 5.69 Å². The smallest absolute Gasteiger partial charge is 0.158 e. The average molecular weight is 322 g/mol. The average Bonchev–Trinajstić information content (AvgIpc) is 3.25. The molecule has 0 amide bonds. The van der Waals surface area contributed by atoms with Crippen molar-refractivity contribution in [3.8, 4) is 5.69 Å². The third-order valence-electron chi connectivity index (χ3n) is 4.38. The molecule has 4 heteroatoms. The van der Waals surface area contributed by atoms with E-state index in [2.05, 4.69) is 42.2 Å². The highest BCUT2D eigenvalue weighted by molar-refractivity contribution is 5.50. The summed E-state index contributed by atoms with van der Waals surface area (Å²) in [5.41, 5.74) is 4.44. The number of aryl methyl sites for hydroxylation is 1. The Kier molecular flexibility index (Phi) is 3.82. The molecule has 2 heterocycles. The van der Waals surface area contributed by atoms with Crippen LogP contribution in [0.4, 0.5) is 10.1 Å². The van der Waals surface area contributed by atoms with Crippen molar-refractivity contribution in [1.82, 2.24) is 4.57 Å². The number of ether oxygens (including phenoxy) is 1. The van der Waals surface area contributed by atoms with Gasteiger partial charge in [0.15, 0.2) is 6.23 Å². The van der Waals surface area contributed by atoms with Gasteiger partial charge in [-0.05, 0) is 49.4 Å². The van der Waals surface area contributed by atoms with Crippen molar-refractivity contribution in [1.29, 1.82) is 0 Å². The molecule has 24 heavy (non-hydrogen) atoms. The van der Waals surface area contributed by atoms with E-state index in [1.807, 2.05) is 17.0 Å². The van der Waals surface area contributed by atoms with Gasteiger partial charge in [0, 0.05) is 35.9 Å². The van der Waals surface area contributed by atoms with E-state index < -0.39 is 0 Å². The van der Waals surface area contributed by atoms with Gasteiger partial charge in [-0.2, -0.15) is 0 Å². The Morgan fingerprint density at radius 1 is 0.958 bits per heavy atom. The van der Waals surface area contributed by atoms with E-state index >= 15 is 0 Å². The summed E-state index contributed by atoms with van der Waals surface area (Å²) in [7, 11) is 0. The van der Waals surface area contributed by atoms with Gasteiger partial charge in [-0.15, -0.1) is 0 Å². The molecule has 1 aliphatic rings. The SMILES string of the molecule is Cc1ccc(N2CCO[C@H]2c2ccn(-c3ccc(F)cc3)c2)cc1. The number of hydrogen-bond donors (Lipinski definition) is 0. The van der Waals surface area contributed by atoms with Crippen LogP contribution in [0.5, 0.6) is 0 Å². The molecule has 1 aromatic heterocycles. The van der Waals surface area contributed by atoms with Gasteiger partial charge in [-0.1, -0.05) is 17.7 Å². The van der Waals surface area contributed by atoms with Crippen molar-refractivity contribution < 1.29 is 9.13 Å². The molecule has 0 saturated carbocycles. The monoisotopic (exact) mass is 322 g/mol. The number of nitrogens with zero attached hydrogens (tertiary/aromatic N) is 2. The van der Waals surface area contributed by atoms with Crippen LogP contribution in [0.1, 0.15) is 17.4 Å². The summed E-state index contributed by atoms with van der Waals surface area (Å²) in [6, 6.07) is 17.0. The predicted octanol–water partition coefficient (Wildman–Crippen LogP) is 4.46. The van der Waals surface area contributed by atoms with Crippen LogP contribution in [0.2, 0.25) is 0 Å². The van der Waals surface area contributed by atoms with Gasteiger partial charge in [0.1, 0.15) is 5.82 Å². The molecule has 0 spiro atoms. The summed E-state index contributed by atoms with van der Waals surface area (Å²) >= 11 is 0. The van der Waals surface area contributed by atoms with E-state index in [1.165, 1.54) is 17.7 Å². The number of rotatable bonds is 3. The first-order chi connectivity index (χ1) is 11.7. The molecule has 4 rings (SSSR count). The molecule has 3 aromatic rings. The molecule has 122 valence electrons. The lowest BCUT2D eigenvalue weighted by Crippen LogP contribution is -2.22. The zero-order valence-corrected chi connectivity index (χ0v) is 13.5. The number of hydrogen-bond acceptors (Lipinski definition) is 2. The van der Waals surface area contributed by atoms with Crippen LogP contribution in [-0.4, -0.2) is 17.7 Å². The largest absolute Gasteiger partial charge is 0.352 e. The lowest BCUT2D eigenvalue weighted by atomic mass is 10.2. The Labute approximate surface area is 140 Å². The third kappa shape index (κ3) is 2.81. The summed E-state index contributed by atoms with van der Waals surface area (Å²) < 4.78 is 21.0. The first kappa shape index (κ1) is 15.0. The Balaban J connectivity index is 1.61. The van der Waals surface area contributed by atoms with E-state index in [9.17, 15) is 4.39 Å². The number of aromatic nitrogens is 1. The fourth-order valence-corrected chi connectivity index (χ4v) is 3.08. The molecule has 0 unspecified atom stereocenters. The predicted molar refractivity (Wildman–Crippen MR) is 92.9 cm³/mol.